The predicted octanol–water partition coefficient (Wildman–Crippen LogP) is 2.32. The van der Waals surface area contributed by atoms with Crippen molar-refractivity contribution in [3.63, 3.8) is 0 Å². The van der Waals surface area contributed by atoms with E-state index < -0.39 is 17.5 Å². The molecule has 9 nitrogen and oxygen atoms in total. The number of nitrogens with zero attached hydrogens (tertiary/aromatic N) is 3. The van der Waals surface area contributed by atoms with Crippen LogP contribution < -0.4 is 15.4 Å². The van der Waals surface area contributed by atoms with Gasteiger partial charge in [-0.05, 0) is 35.4 Å². The topological polar surface area (TPSA) is 124 Å². The number of amides is 4. The van der Waals surface area contributed by atoms with Gasteiger partial charge in [-0.2, -0.15) is 5.26 Å². The fourth-order valence-electron chi connectivity index (χ4n) is 4.42. The maximum absolute atomic E-state index is 13.1. The van der Waals surface area contributed by atoms with Crippen molar-refractivity contribution < 1.29 is 19.1 Å². The van der Waals surface area contributed by atoms with Gasteiger partial charge in [0, 0.05) is 23.9 Å². The van der Waals surface area contributed by atoms with Crippen LogP contribution in [0.2, 0.25) is 0 Å². The standard InChI is InChI=1S/C25H19N5O4/c1-34-19-9-6-17-13-30(22(31)20(17)11-19)14-25(23(32)28-24(33)29-25)18-7-4-15(5-8-18)21-16(12-26)3-2-10-27-21/h2-11H,13-14H2,1H3,(H2,28,29,32,33)/t25-/m0/s1. The number of nitriles is 1. The van der Waals surface area contributed by atoms with E-state index in [1.807, 2.05) is 6.07 Å². The molecule has 34 heavy (non-hydrogen) atoms. The number of methoxy groups -OCH3 is 1. The van der Waals surface area contributed by atoms with Crippen molar-refractivity contribution in [3.05, 3.63) is 83.0 Å². The molecule has 2 N–H and O–H groups in total. The summed E-state index contributed by atoms with van der Waals surface area (Å²) < 4.78 is 5.22. The van der Waals surface area contributed by atoms with Crippen molar-refractivity contribution in [2.75, 3.05) is 13.7 Å². The SMILES string of the molecule is COc1ccc2c(c1)C(=O)N(C[C@@]1(c3ccc(-c4ncccc4C#N)cc3)NC(=O)NC1=O)C2. The Hall–Kier alpha value is -4.71. The van der Waals surface area contributed by atoms with Crippen molar-refractivity contribution >= 4 is 17.8 Å². The molecule has 2 aromatic carbocycles. The molecule has 3 aromatic rings. The first-order valence-electron chi connectivity index (χ1n) is 10.5. The lowest BCUT2D eigenvalue weighted by Gasteiger charge is -2.31. The molecule has 1 fully saturated rings. The average Bonchev–Trinajstić information content (AvgIpc) is 3.33. The quantitative estimate of drug-likeness (QED) is 0.572. The largest absolute Gasteiger partial charge is 0.497 e. The van der Waals surface area contributed by atoms with Gasteiger partial charge in [0.25, 0.3) is 11.8 Å². The zero-order valence-corrected chi connectivity index (χ0v) is 18.2. The first-order chi connectivity index (χ1) is 16.4. The van der Waals surface area contributed by atoms with Crippen molar-refractivity contribution in [2.24, 2.45) is 0 Å². The first kappa shape index (κ1) is 21.2. The number of benzene rings is 2. The van der Waals surface area contributed by atoms with E-state index in [0.29, 0.717) is 40.2 Å². The summed E-state index contributed by atoms with van der Waals surface area (Å²) >= 11 is 0. The van der Waals surface area contributed by atoms with E-state index >= 15 is 0 Å². The lowest BCUT2D eigenvalue weighted by atomic mass is 9.88. The number of urea groups is 1. The molecule has 0 bridgehead atoms. The summed E-state index contributed by atoms with van der Waals surface area (Å²) in [5, 5.41) is 14.4. The second kappa shape index (κ2) is 8.01. The predicted molar refractivity (Wildman–Crippen MR) is 120 cm³/mol. The number of imide groups is 1. The van der Waals surface area contributed by atoms with Gasteiger partial charge in [0.1, 0.15) is 11.8 Å². The second-order valence-electron chi connectivity index (χ2n) is 8.09. The first-order valence-corrected chi connectivity index (χ1v) is 10.5. The van der Waals surface area contributed by atoms with E-state index in [1.165, 1.54) is 12.0 Å². The maximum atomic E-state index is 13.1. The third kappa shape index (κ3) is 3.33. The average molecular weight is 453 g/mol. The molecule has 1 atom stereocenters. The normalized spacial score (nSPS) is 18.8. The van der Waals surface area contributed by atoms with Crippen LogP contribution in [-0.4, -0.2) is 41.4 Å². The van der Waals surface area contributed by atoms with E-state index in [9.17, 15) is 19.6 Å². The van der Waals surface area contributed by atoms with Gasteiger partial charge in [-0.25, -0.2) is 4.79 Å². The van der Waals surface area contributed by atoms with Crippen LogP contribution in [0.4, 0.5) is 4.79 Å². The van der Waals surface area contributed by atoms with E-state index in [2.05, 4.69) is 21.7 Å². The summed E-state index contributed by atoms with van der Waals surface area (Å²) in [4.78, 5) is 44.1. The van der Waals surface area contributed by atoms with Crippen LogP contribution in [0, 0.1) is 11.3 Å². The van der Waals surface area contributed by atoms with Gasteiger partial charge in [-0.15, -0.1) is 0 Å². The molecule has 5 rings (SSSR count). The number of fused-ring (bicyclic) bond motifs is 1. The zero-order valence-electron chi connectivity index (χ0n) is 18.2. The highest BCUT2D eigenvalue weighted by Crippen LogP contribution is 2.33. The summed E-state index contributed by atoms with van der Waals surface area (Å²) in [7, 11) is 1.53. The number of carbonyl (C=O) groups excluding carboxylic acids is 3. The fraction of sp³-hybridized carbons (Fsp3) is 0.160. The lowest BCUT2D eigenvalue weighted by molar-refractivity contribution is -0.124. The molecule has 0 unspecified atom stereocenters. The van der Waals surface area contributed by atoms with Crippen molar-refractivity contribution in [1.29, 1.82) is 5.26 Å². The van der Waals surface area contributed by atoms with Gasteiger partial charge >= 0.3 is 6.03 Å². The van der Waals surface area contributed by atoms with E-state index in [1.54, 1.807) is 54.7 Å². The van der Waals surface area contributed by atoms with Crippen molar-refractivity contribution in [3.8, 4) is 23.1 Å². The van der Waals surface area contributed by atoms with Gasteiger partial charge in [0.15, 0.2) is 5.54 Å². The van der Waals surface area contributed by atoms with Crippen LogP contribution in [-0.2, 0) is 16.9 Å². The monoisotopic (exact) mass is 453 g/mol. The molecule has 0 radical (unpaired) electrons. The Kier molecular flexibility index (Phi) is 4.98. The third-order valence-electron chi connectivity index (χ3n) is 6.14. The number of nitrogens with one attached hydrogen (secondary N) is 2. The summed E-state index contributed by atoms with van der Waals surface area (Å²) in [6.45, 7) is 0.257. The molecule has 3 heterocycles. The highest BCUT2D eigenvalue weighted by molar-refractivity contribution is 6.08. The molecule has 9 heteroatoms. The Bertz CT molecular complexity index is 1380. The molecule has 1 aromatic heterocycles. The third-order valence-corrected chi connectivity index (χ3v) is 6.14. The Morgan fingerprint density at radius 3 is 2.62 bits per heavy atom. The van der Waals surface area contributed by atoms with Crippen LogP contribution in [0.3, 0.4) is 0 Å². The minimum absolute atomic E-state index is 0.0488. The molecule has 2 aliphatic heterocycles. The van der Waals surface area contributed by atoms with Crippen molar-refractivity contribution in [1.82, 2.24) is 20.5 Å². The molecule has 2 aliphatic rings. The van der Waals surface area contributed by atoms with E-state index in [4.69, 9.17) is 4.74 Å². The minimum Gasteiger partial charge on any atom is -0.497 e. The van der Waals surface area contributed by atoms with Gasteiger partial charge < -0.3 is 15.0 Å². The Morgan fingerprint density at radius 1 is 1.15 bits per heavy atom. The van der Waals surface area contributed by atoms with E-state index in [-0.39, 0.29) is 12.5 Å². The molecular weight excluding hydrogens is 434 g/mol. The molecular formula is C25H19N5O4. The second-order valence-corrected chi connectivity index (χ2v) is 8.09. The number of rotatable bonds is 5. The number of carbonyl (C=O) groups is 3. The van der Waals surface area contributed by atoms with Crippen LogP contribution in [0.25, 0.3) is 11.3 Å². The van der Waals surface area contributed by atoms with Gasteiger partial charge in [0.05, 0.1) is 24.9 Å². The highest BCUT2D eigenvalue weighted by atomic mass is 16.5. The van der Waals surface area contributed by atoms with Crippen LogP contribution >= 0.6 is 0 Å². The minimum atomic E-state index is -1.46. The fourth-order valence-corrected chi connectivity index (χ4v) is 4.42. The number of hydrogen-bond donors (Lipinski definition) is 2. The molecule has 0 aliphatic carbocycles. The molecule has 4 amide bonds. The highest BCUT2D eigenvalue weighted by Gasteiger charge is 2.50. The summed E-state index contributed by atoms with van der Waals surface area (Å²) in [5.74, 6) is -0.217. The van der Waals surface area contributed by atoms with Gasteiger partial charge in [-0.1, -0.05) is 30.3 Å². The number of pyridine rings is 1. The summed E-state index contributed by atoms with van der Waals surface area (Å²) in [6.07, 6.45) is 1.60. The molecule has 0 spiro atoms. The molecule has 0 saturated carbocycles. The van der Waals surface area contributed by atoms with Crippen LogP contribution in [0.1, 0.15) is 27.0 Å². The number of ether oxygens (including phenoxy) is 1. The van der Waals surface area contributed by atoms with Gasteiger partial charge in [-0.3, -0.25) is 19.9 Å². The van der Waals surface area contributed by atoms with Crippen molar-refractivity contribution in [2.45, 2.75) is 12.1 Å². The summed E-state index contributed by atoms with van der Waals surface area (Å²) in [5.41, 5.74) is 2.01. The smallest absolute Gasteiger partial charge is 0.322 e. The lowest BCUT2D eigenvalue weighted by Crippen LogP contribution is -2.52. The maximum Gasteiger partial charge on any atom is 0.322 e. The van der Waals surface area contributed by atoms with Crippen LogP contribution in [0.15, 0.2) is 60.8 Å². The molecule has 1 saturated heterocycles. The number of hydrogen-bond acceptors (Lipinski definition) is 6. The Morgan fingerprint density at radius 2 is 1.94 bits per heavy atom. The molecule has 168 valence electrons. The number of aromatic nitrogens is 1. The summed E-state index contributed by atoms with van der Waals surface area (Å²) in [6, 6.07) is 17.0. The van der Waals surface area contributed by atoms with Crippen LogP contribution in [0.5, 0.6) is 5.75 Å². The van der Waals surface area contributed by atoms with E-state index in [0.717, 1.165) is 5.56 Å². The Balaban J connectivity index is 1.49. The van der Waals surface area contributed by atoms with Gasteiger partial charge in [0.2, 0.25) is 0 Å². The zero-order chi connectivity index (χ0) is 23.9. The Labute approximate surface area is 195 Å².